The van der Waals surface area contributed by atoms with Crippen molar-refractivity contribution in [2.75, 3.05) is 5.73 Å². The molecule has 2 N–H and O–H groups in total. The van der Waals surface area contributed by atoms with E-state index in [1.807, 2.05) is 25.1 Å². The second kappa shape index (κ2) is 2.94. The minimum atomic E-state index is 0.628. The van der Waals surface area contributed by atoms with Gasteiger partial charge in [0.2, 0.25) is 5.89 Å². The van der Waals surface area contributed by atoms with E-state index in [9.17, 15) is 0 Å². The van der Waals surface area contributed by atoms with Crippen LogP contribution in [0.1, 0.15) is 5.56 Å². The third kappa shape index (κ3) is 1.40. The molecule has 3 heteroatoms. The molecular weight excluding hydrogens is 164 g/mol. The molecule has 0 spiro atoms. The lowest BCUT2D eigenvalue weighted by Gasteiger charge is -2.00. The number of aryl methyl sites for hydroxylation is 1. The van der Waals surface area contributed by atoms with Crippen LogP contribution in [-0.4, -0.2) is 4.98 Å². The van der Waals surface area contributed by atoms with Crippen LogP contribution in [-0.2, 0) is 0 Å². The molecule has 2 rings (SSSR count). The standard InChI is InChI=1S/C10H10N2O/c1-7-6-8(2-3-9(7)11)10-12-4-5-13-10/h2-6H,11H2,1H3. The van der Waals surface area contributed by atoms with Crippen LogP contribution in [0, 0.1) is 6.92 Å². The van der Waals surface area contributed by atoms with Crippen LogP contribution in [0.4, 0.5) is 5.69 Å². The molecule has 0 amide bonds. The van der Waals surface area contributed by atoms with Crippen LogP contribution in [0.2, 0.25) is 0 Å². The maximum Gasteiger partial charge on any atom is 0.225 e. The van der Waals surface area contributed by atoms with Gasteiger partial charge in [-0.05, 0) is 30.7 Å². The number of anilines is 1. The summed E-state index contributed by atoms with van der Waals surface area (Å²) >= 11 is 0. The van der Waals surface area contributed by atoms with E-state index in [4.69, 9.17) is 10.2 Å². The van der Waals surface area contributed by atoms with Crippen molar-refractivity contribution in [1.82, 2.24) is 4.98 Å². The van der Waals surface area contributed by atoms with Crippen molar-refractivity contribution >= 4 is 5.69 Å². The summed E-state index contributed by atoms with van der Waals surface area (Å²) in [7, 11) is 0. The van der Waals surface area contributed by atoms with Gasteiger partial charge in [0.1, 0.15) is 6.26 Å². The molecule has 1 aromatic carbocycles. The number of nitrogens with two attached hydrogens (primary N) is 1. The van der Waals surface area contributed by atoms with E-state index < -0.39 is 0 Å². The molecule has 1 heterocycles. The number of aromatic nitrogens is 1. The summed E-state index contributed by atoms with van der Waals surface area (Å²) in [6, 6.07) is 5.71. The molecule has 13 heavy (non-hydrogen) atoms. The molecule has 0 aliphatic rings. The molecule has 0 fully saturated rings. The van der Waals surface area contributed by atoms with Crippen LogP contribution < -0.4 is 5.73 Å². The Hall–Kier alpha value is -1.77. The molecule has 2 aromatic rings. The minimum absolute atomic E-state index is 0.628. The van der Waals surface area contributed by atoms with Crippen molar-refractivity contribution in [1.29, 1.82) is 0 Å². The number of oxazole rings is 1. The zero-order valence-corrected chi connectivity index (χ0v) is 7.32. The Balaban J connectivity index is 2.49. The van der Waals surface area contributed by atoms with Gasteiger partial charge in [-0.1, -0.05) is 0 Å². The summed E-state index contributed by atoms with van der Waals surface area (Å²) in [6.45, 7) is 1.96. The average molecular weight is 174 g/mol. The van der Waals surface area contributed by atoms with Crippen LogP contribution in [0.25, 0.3) is 11.5 Å². The predicted octanol–water partition coefficient (Wildman–Crippen LogP) is 2.23. The molecule has 0 saturated carbocycles. The largest absolute Gasteiger partial charge is 0.445 e. The van der Waals surface area contributed by atoms with Crippen molar-refractivity contribution in [3.63, 3.8) is 0 Å². The first-order valence-corrected chi connectivity index (χ1v) is 4.03. The van der Waals surface area contributed by atoms with Gasteiger partial charge in [-0.2, -0.15) is 0 Å². The van der Waals surface area contributed by atoms with Gasteiger partial charge in [-0.25, -0.2) is 4.98 Å². The summed E-state index contributed by atoms with van der Waals surface area (Å²) in [5, 5.41) is 0. The Bertz CT molecular complexity index is 407. The second-order valence-electron chi connectivity index (χ2n) is 2.91. The van der Waals surface area contributed by atoms with E-state index >= 15 is 0 Å². The fraction of sp³-hybridized carbons (Fsp3) is 0.100. The molecule has 3 nitrogen and oxygen atoms in total. The number of benzene rings is 1. The first-order chi connectivity index (χ1) is 6.27. The van der Waals surface area contributed by atoms with E-state index in [0.717, 1.165) is 16.8 Å². The van der Waals surface area contributed by atoms with Crippen molar-refractivity contribution in [2.24, 2.45) is 0 Å². The van der Waals surface area contributed by atoms with Gasteiger partial charge < -0.3 is 10.2 Å². The second-order valence-corrected chi connectivity index (χ2v) is 2.91. The highest BCUT2D eigenvalue weighted by atomic mass is 16.3. The Labute approximate surface area is 76.2 Å². The summed E-state index contributed by atoms with van der Waals surface area (Å²) in [5.41, 5.74) is 8.47. The predicted molar refractivity (Wildman–Crippen MR) is 51.1 cm³/mol. The van der Waals surface area contributed by atoms with Crippen LogP contribution in [0.3, 0.4) is 0 Å². The highest BCUT2D eigenvalue weighted by Crippen LogP contribution is 2.21. The SMILES string of the molecule is Cc1cc(-c2ncco2)ccc1N. The van der Waals surface area contributed by atoms with Gasteiger partial charge in [0, 0.05) is 11.3 Å². The highest BCUT2D eigenvalue weighted by molar-refractivity contribution is 5.60. The number of hydrogen-bond donors (Lipinski definition) is 1. The Kier molecular flexibility index (Phi) is 1.77. The Morgan fingerprint density at radius 1 is 1.38 bits per heavy atom. The van der Waals surface area contributed by atoms with Gasteiger partial charge in [-0.3, -0.25) is 0 Å². The third-order valence-electron chi connectivity index (χ3n) is 1.95. The highest BCUT2D eigenvalue weighted by Gasteiger charge is 2.02. The van der Waals surface area contributed by atoms with Crippen LogP contribution >= 0.6 is 0 Å². The number of nitrogens with zero attached hydrogens (tertiary/aromatic N) is 1. The topological polar surface area (TPSA) is 52.0 Å². The summed E-state index contributed by atoms with van der Waals surface area (Å²) in [6.07, 6.45) is 3.18. The van der Waals surface area contributed by atoms with Crippen molar-refractivity contribution < 1.29 is 4.42 Å². The van der Waals surface area contributed by atoms with Gasteiger partial charge in [0.05, 0.1) is 6.20 Å². The van der Waals surface area contributed by atoms with Crippen molar-refractivity contribution in [3.8, 4) is 11.5 Å². The number of nitrogen functional groups attached to an aromatic ring is 1. The van der Waals surface area contributed by atoms with Gasteiger partial charge >= 0.3 is 0 Å². The lowest BCUT2D eigenvalue weighted by atomic mass is 10.1. The van der Waals surface area contributed by atoms with E-state index in [1.165, 1.54) is 0 Å². The first-order valence-electron chi connectivity index (χ1n) is 4.03. The fourth-order valence-electron chi connectivity index (χ4n) is 1.17. The molecular formula is C10H10N2O. The molecule has 0 aliphatic heterocycles. The Morgan fingerprint density at radius 3 is 2.85 bits per heavy atom. The van der Waals surface area contributed by atoms with E-state index in [0.29, 0.717) is 5.89 Å². The zero-order valence-electron chi connectivity index (χ0n) is 7.32. The zero-order chi connectivity index (χ0) is 9.26. The normalized spacial score (nSPS) is 10.2. The lowest BCUT2D eigenvalue weighted by Crippen LogP contribution is -1.89. The van der Waals surface area contributed by atoms with Crippen LogP contribution in [0.5, 0.6) is 0 Å². The molecule has 66 valence electrons. The summed E-state index contributed by atoms with van der Waals surface area (Å²) in [4.78, 5) is 4.05. The first kappa shape index (κ1) is 7.86. The number of rotatable bonds is 1. The maximum atomic E-state index is 5.69. The van der Waals surface area contributed by atoms with Crippen molar-refractivity contribution in [2.45, 2.75) is 6.92 Å². The third-order valence-corrected chi connectivity index (χ3v) is 1.95. The van der Waals surface area contributed by atoms with Crippen molar-refractivity contribution in [3.05, 3.63) is 36.2 Å². The molecule has 0 radical (unpaired) electrons. The minimum Gasteiger partial charge on any atom is -0.445 e. The fourth-order valence-corrected chi connectivity index (χ4v) is 1.17. The molecule has 0 bridgehead atoms. The molecule has 1 aromatic heterocycles. The monoisotopic (exact) mass is 174 g/mol. The van der Waals surface area contributed by atoms with Gasteiger partial charge in [0.25, 0.3) is 0 Å². The van der Waals surface area contributed by atoms with E-state index in [2.05, 4.69) is 4.98 Å². The number of hydrogen-bond acceptors (Lipinski definition) is 3. The van der Waals surface area contributed by atoms with Crippen LogP contribution in [0.15, 0.2) is 35.1 Å². The summed E-state index contributed by atoms with van der Waals surface area (Å²) < 4.78 is 5.16. The molecule has 0 aliphatic carbocycles. The smallest absolute Gasteiger partial charge is 0.225 e. The van der Waals surface area contributed by atoms with Gasteiger partial charge in [-0.15, -0.1) is 0 Å². The quantitative estimate of drug-likeness (QED) is 0.674. The van der Waals surface area contributed by atoms with Gasteiger partial charge in [0.15, 0.2) is 0 Å². The molecule has 0 saturated heterocycles. The average Bonchev–Trinajstić information content (AvgIpc) is 2.62. The van der Waals surface area contributed by atoms with E-state index in [1.54, 1.807) is 12.5 Å². The maximum absolute atomic E-state index is 5.69. The molecule has 0 unspecified atom stereocenters. The lowest BCUT2D eigenvalue weighted by molar-refractivity contribution is 0.574. The summed E-state index contributed by atoms with van der Waals surface area (Å²) in [5.74, 6) is 0.628. The molecule has 0 atom stereocenters. The Morgan fingerprint density at radius 2 is 2.23 bits per heavy atom. The van der Waals surface area contributed by atoms with E-state index in [-0.39, 0.29) is 0 Å².